The van der Waals surface area contributed by atoms with Gasteiger partial charge in [0.15, 0.2) is 5.13 Å². The van der Waals surface area contributed by atoms with Gasteiger partial charge < -0.3 is 9.47 Å². The van der Waals surface area contributed by atoms with Gasteiger partial charge in [-0.3, -0.25) is 5.32 Å². The highest BCUT2D eigenvalue weighted by atomic mass is 32.1. The monoisotopic (exact) mass is 256 g/mol. The van der Waals surface area contributed by atoms with Gasteiger partial charge in [-0.1, -0.05) is 11.3 Å². The molecule has 2 rings (SSSR count). The van der Waals surface area contributed by atoms with E-state index in [0.29, 0.717) is 5.13 Å². The Morgan fingerprint density at radius 2 is 2.24 bits per heavy atom. The maximum Gasteiger partial charge on any atom is 0.413 e. The van der Waals surface area contributed by atoms with E-state index in [0.717, 1.165) is 17.2 Å². The summed E-state index contributed by atoms with van der Waals surface area (Å²) < 4.78 is 10.4. The largest absolute Gasteiger partial charge is 0.444 e. The standard InChI is InChI=1S/C11H16N2O3S/c1-6-8(7-5-15-7)17-9(12-6)13-10(14)16-11(2,3)4/h7H,5H2,1-4H3,(H,12,13,14)/t7-/m0/s1. The first-order chi connectivity index (χ1) is 7.85. The molecular formula is C11H16N2O3S. The van der Waals surface area contributed by atoms with E-state index in [1.165, 1.54) is 11.3 Å². The van der Waals surface area contributed by atoms with Crippen LogP contribution in [0.25, 0.3) is 0 Å². The second-order valence-electron chi connectivity index (χ2n) is 4.92. The third-order valence-corrected chi connectivity index (χ3v) is 3.23. The second-order valence-corrected chi connectivity index (χ2v) is 5.95. The highest BCUT2D eigenvalue weighted by molar-refractivity contribution is 7.16. The average Bonchev–Trinajstić information content (AvgIpc) is 2.89. The molecule has 17 heavy (non-hydrogen) atoms. The molecule has 1 amide bonds. The summed E-state index contributed by atoms with van der Waals surface area (Å²) >= 11 is 1.44. The van der Waals surface area contributed by atoms with Gasteiger partial charge in [-0.25, -0.2) is 9.78 Å². The Labute approximate surface area is 104 Å². The molecule has 0 saturated carbocycles. The maximum absolute atomic E-state index is 11.5. The second kappa shape index (κ2) is 4.27. The van der Waals surface area contributed by atoms with Crippen LogP contribution in [0, 0.1) is 6.92 Å². The van der Waals surface area contributed by atoms with Gasteiger partial charge in [-0.2, -0.15) is 0 Å². The number of ether oxygens (including phenoxy) is 2. The number of nitrogens with zero attached hydrogens (tertiary/aromatic N) is 1. The minimum absolute atomic E-state index is 0.168. The normalized spacial score (nSPS) is 18.9. The molecule has 1 fully saturated rings. The average molecular weight is 256 g/mol. The van der Waals surface area contributed by atoms with Crippen molar-refractivity contribution in [3.05, 3.63) is 10.6 Å². The van der Waals surface area contributed by atoms with Crippen molar-refractivity contribution in [3.8, 4) is 0 Å². The Morgan fingerprint density at radius 3 is 2.76 bits per heavy atom. The highest BCUT2D eigenvalue weighted by Crippen LogP contribution is 2.37. The van der Waals surface area contributed by atoms with Crippen LogP contribution < -0.4 is 5.32 Å². The Bertz CT molecular complexity index is 432. The molecule has 6 heteroatoms. The fraction of sp³-hybridized carbons (Fsp3) is 0.636. The van der Waals surface area contributed by atoms with Crippen LogP contribution in [0.5, 0.6) is 0 Å². The molecule has 1 N–H and O–H groups in total. The predicted octanol–water partition coefficient (Wildman–Crippen LogP) is 2.87. The Balaban J connectivity index is 1.99. The number of hydrogen-bond acceptors (Lipinski definition) is 5. The minimum Gasteiger partial charge on any atom is -0.444 e. The van der Waals surface area contributed by atoms with Crippen LogP contribution in [0.2, 0.25) is 0 Å². The Morgan fingerprint density at radius 1 is 1.59 bits per heavy atom. The van der Waals surface area contributed by atoms with Gasteiger partial charge in [0.05, 0.1) is 17.2 Å². The van der Waals surface area contributed by atoms with Crippen molar-refractivity contribution in [2.45, 2.75) is 39.4 Å². The van der Waals surface area contributed by atoms with Crippen LogP contribution >= 0.6 is 11.3 Å². The van der Waals surface area contributed by atoms with Crippen molar-refractivity contribution in [2.24, 2.45) is 0 Å². The fourth-order valence-corrected chi connectivity index (χ4v) is 2.34. The number of anilines is 1. The van der Waals surface area contributed by atoms with Crippen LogP contribution in [0.15, 0.2) is 0 Å². The molecule has 0 bridgehead atoms. The molecule has 0 aliphatic carbocycles. The summed E-state index contributed by atoms with van der Waals surface area (Å²) in [5.41, 5.74) is 0.405. The summed E-state index contributed by atoms with van der Waals surface area (Å²) in [4.78, 5) is 16.9. The smallest absolute Gasteiger partial charge is 0.413 e. The Kier molecular flexibility index (Phi) is 3.09. The number of aryl methyl sites for hydroxylation is 1. The van der Waals surface area contributed by atoms with Gasteiger partial charge >= 0.3 is 6.09 Å². The molecule has 2 heterocycles. The van der Waals surface area contributed by atoms with Crippen molar-refractivity contribution < 1.29 is 14.3 Å². The number of epoxide rings is 1. The van der Waals surface area contributed by atoms with E-state index in [2.05, 4.69) is 10.3 Å². The highest BCUT2D eigenvalue weighted by Gasteiger charge is 2.30. The zero-order chi connectivity index (χ0) is 12.6. The lowest BCUT2D eigenvalue weighted by atomic mass is 10.2. The van der Waals surface area contributed by atoms with E-state index in [-0.39, 0.29) is 6.10 Å². The van der Waals surface area contributed by atoms with Crippen molar-refractivity contribution >= 4 is 22.6 Å². The molecular weight excluding hydrogens is 240 g/mol. The molecule has 1 aromatic rings. The first kappa shape index (κ1) is 12.3. The van der Waals surface area contributed by atoms with Crippen LogP contribution in [0.4, 0.5) is 9.93 Å². The lowest BCUT2D eigenvalue weighted by Gasteiger charge is -2.18. The molecule has 1 aliphatic heterocycles. The number of hydrogen-bond donors (Lipinski definition) is 1. The lowest BCUT2D eigenvalue weighted by molar-refractivity contribution is 0.0636. The zero-order valence-electron chi connectivity index (χ0n) is 10.4. The quantitative estimate of drug-likeness (QED) is 0.826. The van der Waals surface area contributed by atoms with Crippen molar-refractivity contribution in [3.63, 3.8) is 0 Å². The van der Waals surface area contributed by atoms with Crippen molar-refractivity contribution in [1.29, 1.82) is 0 Å². The summed E-state index contributed by atoms with van der Waals surface area (Å²) in [5, 5.41) is 3.19. The van der Waals surface area contributed by atoms with Crippen LogP contribution in [-0.4, -0.2) is 23.3 Å². The molecule has 1 saturated heterocycles. The summed E-state index contributed by atoms with van der Waals surface area (Å²) in [5.74, 6) is 0. The molecule has 94 valence electrons. The van der Waals surface area contributed by atoms with E-state index in [9.17, 15) is 4.79 Å². The SMILES string of the molecule is Cc1nc(NC(=O)OC(C)(C)C)sc1[C@@H]1CO1. The minimum atomic E-state index is -0.501. The number of carbonyl (C=O) groups is 1. The topological polar surface area (TPSA) is 63.8 Å². The summed E-state index contributed by atoms with van der Waals surface area (Å²) in [6, 6.07) is 0. The summed E-state index contributed by atoms with van der Waals surface area (Å²) in [7, 11) is 0. The van der Waals surface area contributed by atoms with Gasteiger partial charge in [0.1, 0.15) is 11.7 Å². The van der Waals surface area contributed by atoms with Crippen molar-refractivity contribution in [2.75, 3.05) is 11.9 Å². The molecule has 1 aromatic heterocycles. The van der Waals surface area contributed by atoms with Gasteiger partial charge in [-0.15, -0.1) is 0 Å². The van der Waals surface area contributed by atoms with E-state index >= 15 is 0 Å². The number of carbonyl (C=O) groups excluding carboxylic acids is 1. The third-order valence-electron chi connectivity index (χ3n) is 2.07. The number of thiazole rings is 1. The molecule has 1 atom stereocenters. The Hall–Kier alpha value is -1.14. The van der Waals surface area contributed by atoms with Gasteiger partial charge in [0.25, 0.3) is 0 Å². The van der Waals surface area contributed by atoms with Crippen LogP contribution in [0.1, 0.15) is 37.4 Å². The maximum atomic E-state index is 11.5. The number of amides is 1. The third kappa shape index (κ3) is 3.41. The van der Waals surface area contributed by atoms with E-state index < -0.39 is 11.7 Å². The molecule has 0 aromatic carbocycles. The lowest BCUT2D eigenvalue weighted by Crippen LogP contribution is -2.27. The van der Waals surface area contributed by atoms with Gasteiger partial charge in [-0.05, 0) is 27.7 Å². The van der Waals surface area contributed by atoms with E-state index in [1.54, 1.807) is 0 Å². The zero-order valence-corrected chi connectivity index (χ0v) is 11.2. The summed E-state index contributed by atoms with van der Waals surface area (Å²) in [6.45, 7) is 8.12. The fourth-order valence-electron chi connectivity index (χ4n) is 1.35. The number of nitrogens with one attached hydrogen (secondary N) is 1. The first-order valence-corrected chi connectivity index (χ1v) is 6.26. The molecule has 0 unspecified atom stereocenters. The van der Waals surface area contributed by atoms with E-state index in [4.69, 9.17) is 9.47 Å². The summed E-state index contributed by atoms with van der Waals surface area (Å²) in [6.07, 6.45) is -0.309. The number of rotatable bonds is 2. The van der Waals surface area contributed by atoms with Gasteiger partial charge in [0.2, 0.25) is 0 Å². The first-order valence-electron chi connectivity index (χ1n) is 5.44. The molecule has 5 nitrogen and oxygen atoms in total. The molecule has 0 spiro atoms. The molecule has 0 radical (unpaired) electrons. The van der Waals surface area contributed by atoms with Crippen LogP contribution in [-0.2, 0) is 9.47 Å². The van der Waals surface area contributed by atoms with E-state index in [1.807, 2.05) is 27.7 Å². The predicted molar refractivity (Wildman–Crippen MR) is 65.4 cm³/mol. The van der Waals surface area contributed by atoms with Gasteiger partial charge in [0, 0.05) is 0 Å². The van der Waals surface area contributed by atoms with Crippen LogP contribution in [0.3, 0.4) is 0 Å². The molecule has 1 aliphatic rings. The van der Waals surface area contributed by atoms with Crippen molar-refractivity contribution in [1.82, 2.24) is 4.98 Å². The number of aromatic nitrogens is 1.